The van der Waals surface area contributed by atoms with Gasteiger partial charge in [0.1, 0.15) is 5.82 Å². The molecule has 2 N–H and O–H groups in total. The number of nitrogens with two attached hydrogens (primary N) is 1. The summed E-state index contributed by atoms with van der Waals surface area (Å²) in [7, 11) is 2.21. The zero-order valence-electron chi connectivity index (χ0n) is 12.3. The van der Waals surface area contributed by atoms with Crippen molar-refractivity contribution in [2.24, 2.45) is 11.7 Å². The summed E-state index contributed by atoms with van der Waals surface area (Å²) >= 11 is 0. The first-order chi connectivity index (χ1) is 9.72. The molecule has 3 rings (SSSR count). The van der Waals surface area contributed by atoms with E-state index in [4.69, 9.17) is 5.73 Å². The first-order valence-corrected chi connectivity index (χ1v) is 7.91. The third kappa shape index (κ3) is 2.38. The van der Waals surface area contributed by atoms with Crippen LogP contribution in [0.3, 0.4) is 0 Å². The minimum Gasteiger partial charge on any atom is -0.330 e. The van der Waals surface area contributed by atoms with Crippen LogP contribution in [0, 0.1) is 11.7 Å². The summed E-state index contributed by atoms with van der Waals surface area (Å²) in [4.78, 5) is 2.49. The number of halogens is 1. The Morgan fingerprint density at radius 2 is 2.05 bits per heavy atom. The predicted octanol–water partition coefficient (Wildman–Crippen LogP) is 3.26. The van der Waals surface area contributed by atoms with E-state index in [1.807, 2.05) is 6.07 Å². The summed E-state index contributed by atoms with van der Waals surface area (Å²) in [5.41, 5.74) is 8.10. The maximum atomic E-state index is 13.9. The molecule has 0 saturated heterocycles. The molecule has 0 heterocycles. The fraction of sp³-hybridized carbons (Fsp3) is 0.647. The van der Waals surface area contributed by atoms with Gasteiger partial charge in [-0.2, -0.15) is 0 Å². The van der Waals surface area contributed by atoms with Crippen LogP contribution in [0.25, 0.3) is 0 Å². The standard InChI is InChI=1S/C17H25FN2/c1-20(16-8-3-2-5-12(16)11-19)17-10-9-13-14(17)6-4-7-15(13)18/h4,6-7,12,16-17H,2-3,5,8-11,19H2,1H3. The Bertz CT molecular complexity index is 474. The van der Waals surface area contributed by atoms with E-state index >= 15 is 0 Å². The number of rotatable bonds is 3. The summed E-state index contributed by atoms with van der Waals surface area (Å²) < 4.78 is 13.9. The zero-order chi connectivity index (χ0) is 14.1. The molecule has 0 aromatic heterocycles. The van der Waals surface area contributed by atoms with Gasteiger partial charge in [-0.15, -0.1) is 0 Å². The average molecular weight is 276 g/mol. The minimum atomic E-state index is -0.0302. The first kappa shape index (κ1) is 14.0. The SMILES string of the molecule is CN(C1CCc2c(F)cccc21)C1CCCCC1CN. The molecule has 3 unspecified atom stereocenters. The highest BCUT2D eigenvalue weighted by Gasteiger charge is 2.35. The van der Waals surface area contributed by atoms with E-state index < -0.39 is 0 Å². The van der Waals surface area contributed by atoms with Crippen molar-refractivity contribution in [3.63, 3.8) is 0 Å². The zero-order valence-corrected chi connectivity index (χ0v) is 12.3. The molecule has 0 radical (unpaired) electrons. The molecule has 1 fully saturated rings. The van der Waals surface area contributed by atoms with Crippen LogP contribution in [0.2, 0.25) is 0 Å². The van der Waals surface area contributed by atoms with Gasteiger partial charge in [0.25, 0.3) is 0 Å². The minimum absolute atomic E-state index is 0.0302. The summed E-state index contributed by atoms with van der Waals surface area (Å²) in [6.45, 7) is 0.776. The van der Waals surface area contributed by atoms with Crippen molar-refractivity contribution in [3.05, 3.63) is 35.1 Å². The molecule has 1 saturated carbocycles. The van der Waals surface area contributed by atoms with E-state index in [9.17, 15) is 4.39 Å². The Morgan fingerprint density at radius 3 is 2.85 bits per heavy atom. The molecule has 0 spiro atoms. The maximum absolute atomic E-state index is 13.9. The summed E-state index contributed by atoms with van der Waals surface area (Å²) in [5.74, 6) is 0.573. The van der Waals surface area contributed by atoms with E-state index in [2.05, 4.69) is 18.0 Å². The van der Waals surface area contributed by atoms with Gasteiger partial charge in [0.15, 0.2) is 0 Å². The highest BCUT2D eigenvalue weighted by atomic mass is 19.1. The van der Waals surface area contributed by atoms with E-state index in [-0.39, 0.29) is 5.82 Å². The number of hydrogen-bond acceptors (Lipinski definition) is 2. The predicted molar refractivity (Wildman–Crippen MR) is 80.0 cm³/mol. The monoisotopic (exact) mass is 276 g/mol. The van der Waals surface area contributed by atoms with Crippen molar-refractivity contribution >= 4 is 0 Å². The molecule has 0 amide bonds. The fourth-order valence-corrected chi connectivity index (χ4v) is 4.24. The Morgan fingerprint density at radius 1 is 1.25 bits per heavy atom. The summed E-state index contributed by atoms with van der Waals surface area (Å²) in [5, 5.41) is 0. The van der Waals surface area contributed by atoms with Gasteiger partial charge in [-0.05, 0) is 62.4 Å². The summed E-state index contributed by atoms with van der Waals surface area (Å²) in [6.07, 6.45) is 7.00. The molecule has 2 aliphatic rings. The molecular formula is C17H25FN2. The van der Waals surface area contributed by atoms with E-state index in [1.165, 1.54) is 31.2 Å². The second-order valence-electron chi connectivity index (χ2n) is 6.38. The van der Waals surface area contributed by atoms with Crippen LogP contribution in [0.1, 0.15) is 49.3 Å². The van der Waals surface area contributed by atoms with Gasteiger partial charge in [0.2, 0.25) is 0 Å². The molecule has 110 valence electrons. The van der Waals surface area contributed by atoms with Gasteiger partial charge >= 0.3 is 0 Å². The van der Waals surface area contributed by atoms with Crippen molar-refractivity contribution in [2.45, 2.75) is 50.6 Å². The van der Waals surface area contributed by atoms with Crippen molar-refractivity contribution in [2.75, 3.05) is 13.6 Å². The van der Waals surface area contributed by atoms with Crippen LogP contribution in [0.4, 0.5) is 4.39 Å². The van der Waals surface area contributed by atoms with Crippen LogP contribution >= 0.6 is 0 Å². The Balaban J connectivity index is 1.82. The quantitative estimate of drug-likeness (QED) is 0.918. The first-order valence-electron chi connectivity index (χ1n) is 7.91. The molecule has 3 atom stereocenters. The number of nitrogens with zero attached hydrogens (tertiary/aromatic N) is 1. The number of fused-ring (bicyclic) bond motifs is 1. The molecule has 3 heteroatoms. The van der Waals surface area contributed by atoms with E-state index in [1.54, 1.807) is 6.07 Å². The molecule has 0 aliphatic heterocycles. The van der Waals surface area contributed by atoms with Crippen molar-refractivity contribution in [3.8, 4) is 0 Å². The van der Waals surface area contributed by atoms with Crippen molar-refractivity contribution in [1.29, 1.82) is 0 Å². The third-order valence-corrected chi connectivity index (χ3v) is 5.37. The molecular weight excluding hydrogens is 251 g/mol. The van der Waals surface area contributed by atoms with Crippen molar-refractivity contribution < 1.29 is 4.39 Å². The molecule has 2 aliphatic carbocycles. The Labute approximate surface area is 121 Å². The third-order valence-electron chi connectivity index (χ3n) is 5.37. The van der Waals surface area contributed by atoms with Crippen molar-refractivity contribution in [1.82, 2.24) is 4.90 Å². The van der Waals surface area contributed by atoms with Crippen LogP contribution in [0.15, 0.2) is 18.2 Å². The van der Waals surface area contributed by atoms with Gasteiger partial charge < -0.3 is 5.73 Å². The maximum Gasteiger partial charge on any atom is 0.126 e. The van der Waals surface area contributed by atoms with E-state index in [0.717, 1.165) is 24.9 Å². The average Bonchev–Trinajstić information content (AvgIpc) is 2.92. The normalized spacial score (nSPS) is 29.7. The van der Waals surface area contributed by atoms with Crippen LogP contribution in [-0.4, -0.2) is 24.5 Å². The van der Waals surface area contributed by atoms with Gasteiger partial charge in [0, 0.05) is 12.1 Å². The van der Waals surface area contributed by atoms with Gasteiger partial charge in [-0.25, -0.2) is 4.39 Å². The smallest absolute Gasteiger partial charge is 0.126 e. The second kappa shape index (κ2) is 5.82. The Hall–Kier alpha value is -0.930. The highest BCUT2D eigenvalue weighted by Crippen LogP contribution is 2.40. The second-order valence-corrected chi connectivity index (χ2v) is 6.38. The topological polar surface area (TPSA) is 29.3 Å². The highest BCUT2D eigenvalue weighted by molar-refractivity contribution is 5.35. The molecule has 1 aromatic rings. The lowest BCUT2D eigenvalue weighted by molar-refractivity contribution is 0.0919. The molecule has 2 nitrogen and oxygen atoms in total. The largest absolute Gasteiger partial charge is 0.330 e. The summed E-state index contributed by atoms with van der Waals surface area (Å²) in [6, 6.07) is 6.48. The number of benzene rings is 1. The fourth-order valence-electron chi connectivity index (χ4n) is 4.24. The lowest BCUT2D eigenvalue weighted by Gasteiger charge is -2.41. The molecule has 20 heavy (non-hydrogen) atoms. The van der Waals surface area contributed by atoms with E-state index in [0.29, 0.717) is 18.0 Å². The van der Waals surface area contributed by atoms with Crippen LogP contribution in [-0.2, 0) is 6.42 Å². The lowest BCUT2D eigenvalue weighted by atomic mass is 9.83. The molecule has 0 bridgehead atoms. The lowest BCUT2D eigenvalue weighted by Crippen LogP contribution is -2.44. The van der Waals surface area contributed by atoms with Gasteiger partial charge in [-0.1, -0.05) is 25.0 Å². The number of hydrogen-bond donors (Lipinski definition) is 1. The van der Waals surface area contributed by atoms with Crippen LogP contribution in [0.5, 0.6) is 0 Å². The Kier molecular flexibility index (Phi) is 4.08. The van der Waals surface area contributed by atoms with Gasteiger partial charge in [-0.3, -0.25) is 4.90 Å². The van der Waals surface area contributed by atoms with Gasteiger partial charge in [0.05, 0.1) is 0 Å². The van der Waals surface area contributed by atoms with Crippen LogP contribution < -0.4 is 5.73 Å². The molecule has 1 aromatic carbocycles.